The maximum absolute atomic E-state index is 14.2. The summed E-state index contributed by atoms with van der Waals surface area (Å²) in [5.41, 5.74) is -0.756. The summed E-state index contributed by atoms with van der Waals surface area (Å²) < 4.78 is 90.1. The Balaban J connectivity index is 2.06. The standard InChI is InChI=1S/C23H18F2N4O5S2/c1-34-22-9-8-15(35(30,31)28-20-6-2-4-18(24)16(20)10-12-26)14-23(22)36(32,33)29-21-7-3-5-19(25)17(21)11-13-27/h2-9,14,28-29H,10-11H2,1H3. The molecule has 3 rings (SSSR count). The van der Waals surface area contributed by atoms with Gasteiger partial charge in [-0.15, -0.1) is 0 Å². The minimum Gasteiger partial charge on any atom is -0.495 e. The molecule has 0 spiro atoms. The van der Waals surface area contributed by atoms with Crippen molar-refractivity contribution >= 4 is 31.4 Å². The van der Waals surface area contributed by atoms with Crippen LogP contribution in [0.3, 0.4) is 0 Å². The molecule has 0 amide bonds. The molecule has 13 heteroatoms. The topological polar surface area (TPSA) is 149 Å². The lowest BCUT2D eigenvalue weighted by atomic mass is 10.1. The number of nitriles is 2. The van der Waals surface area contributed by atoms with E-state index < -0.39 is 54.3 Å². The number of methoxy groups -OCH3 is 1. The molecule has 2 N–H and O–H groups in total. The molecule has 0 unspecified atom stereocenters. The van der Waals surface area contributed by atoms with Gasteiger partial charge in [-0.1, -0.05) is 12.1 Å². The van der Waals surface area contributed by atoms with E-state index in [0.717, 1.165) is 30.3 Å². The van der Waals surface area contributed by atoms with E-state index in [-0.39, 0.29) is 28.3 Å². The molecule has 0 heterocycles. The van der Waals surface area contributed by atoms with E-state index in [4.69, 9.17) is 15.3 Å². The average molecular weight is 533 g/mol. The van der Waals surface area contributed by atoms with E-state index >= 15 is 0 Å². The highest BCUT2D eigenvalue weighted by Crippen LogP contribution is 2.31. The summed E-state index contributed by atoms with van der Waals surface area (Å²) in [4.78, 5) is -1.09. The van der Waals surface area contributed by atoms with E-state index in [1.165, 1.54) is 31.4 Å². The summed E-state index contributed by atoms with van der Waals surface area (Å²) in [6, 6.07) is 13.6. The van der Waals surface area contributed by atoms with Crippen molar-refractivity contribution < 1.29 is 30.4 Å². The van der Waals surface area contributed by atoms with Crippen LogP contribution in [0, 0.1) is 34.3 Å². The van der Waals surface area contributed by atoms with Gasteiger partial charge < -0.3 is 4.74 Å². The van der Waals surface area contributed by atoms with E-state index in [2.05, 4.69) is 9.44 Å². The van der Waals surface area contributed by atoms with Gasteiger partial charge in [-0.05, 0) is 42.5 Å². The Bertz CT molecular complexity index is 1610. The van der Waals surface area contributed by atoms with Crippen molar-refractivity contribution in [2.75, 3.05) is 16.6 Å². The number of benzene rings is 3. The third-order valence-corrected chi connectivity index (χ3v) is 7.72. The van der Waals surface area contributed by atoms with Crippen LogP contribution in [0.2, 0.25) is 0 Å². The zero-order chi connectivity index (χ0) is 26.5. The van der Waals surface area contributed by atoms with Crippen LogP contribution in [0.4, 0.5) is 20.2 Å². The summed E-state index contributed by atoms with van der Waals surface area (Å²) in [6.07, 6.45) is -0.825. The van der Waals surface area contributed by atoms with Gasteiger partial charge in [0.15, 0.2) is 0 Å². The average Bonchev–Trinajstić information content (AvgIpc) is 2.83. The van der Waals surface area contributed by atoms with Gasteiger partial charge in [0.1, 0.15) is 22.3 Å². The molecular weight excluding hydrogens is 514 g/mol. The second kappa shape index (κ2) is 10.6. The third kappa shape index (κ3) is 5.54. The number of anilines is 2. The Kier molecular flexibility index (Phi) is 7.77. The highest BCUT2D eigenvalue weighted by molar-refractivity contribution is 7.93. The van der Waals surface area contributed by atoms with Gasteiger partial charge >= 0.3 is 0 Å². The molecule has 0 fully saturated rings. The molecular formula is C23H18F2N4O5S2. The molecule has 3 aromatic rings. The molecule has 36 heavy (non-hydrogen) atoms. The summed E-state index contributed by atoms with van der Waals surface area (Å²) >= 11 is 0. The molecule has 0 aliphatic rings. The van der Waals surface area contributed by atoms with Gasteiger partial charge in [0.05, 0.1) is 48.4 Å². The van der Waals surface area contributed by atoms with Crippen molar-refractivity contribution in [2.24, 2.45) is 0 Å². The van der Waals surface area contributed by atoms with Gasteiger partial charge in [-0.3, -0.25) is 9.44 Å². The fourth-order valence-corrected chi connectivity index (χ4v) is 5.75. The van der Waals surface area contributed by atoms with E-state index in [9.17, 15) is 25.6 Å². The van der Waals surface area contributed by atoms with Crippen LogP contribution in [0.15, 0.2) is 64.4 Å². The number of rotatable bonds is 9. The van der Waals surface area contributed by atoms with Gasteiger partial charge in [0.25, 0.3) is 20.0 Å². The number of sulfonamides is 2. The lowest BCUT2D eigenvalue weighted by molar-refractivity contribution is 0.402. The van der Waals surface area contributed by atoms with E-state index in [0.29, 0.717) is 0 Å². The Hall–Kier alpha value is -4.20. The fraction of sp³-hybridized carbons (Fsp3) is 0.130. The van der Waals surface area contributed by atoms with Crippen LogP contribution >= 0.6 is 0 Å². The normalized spacial score (nSPS) is 11.2. The Morgan fingerprint density at radius 1 is 0.806 bits per heavy atom. The summed E-state index contributed by atoms with van der Waals surface area (Å²) in [5.74, 6) is -1.80. The van der Waals surface area contributed by atoms with Crippen LogP contribution in [0.25, 0.3) is 0 Å². The van der Waals surface area contributed by atoms with Gasteiger partial charge in [-0.25, -0.2) is 25.6 Å². The summed E-state index contributed by atoms with van der Waals surface area (Å²) in [5, 5.41) is 17.9. The Labute approximate surface area is 206 Å². The van der Waals surface area contributed by atoms with Crippen molar-refractivity contribution in [2.45, 2.75) is 22.6 Å². The molecule has 0 saturated heterocycles. The molecule has 0 aliphatic carbocycles. The highest BCUT2D eigenvalue weighted by atomic mass is 32.2. The lowest BCUT2D eigenvalue weighted by Gasteiger charge is -2.16. The smallest absolute Gasteiger partial charge is 0.265 e. The monoisotopic (exact) mass is 532 g/mol. The number of nitrogens with zero attached hydrogens (tertiary/aromatic N) is 2. The van der Waals surface area contributed by atoms with Crippen molar-refractivity contribution in [1.29, 1.82) is 10.5 Å². The lowest BCUT2D eigenvalue weighted by Crippen LogP contribution is -2.18. The Morgan fingerprint density at radius 3 is 1.78 bits per heavy atom. The third-order valence-electron chi connectivity index (χ3n) is 4.97. The number of halogens is 2. The van der Waals surface area contributed by atoms with Gasteiger partial charge in [-0.2, -0.15) is 10.5 Å². The van der Waals surface area contributed by atoms with Crippen molar-refractivity contribution in [3.05, 3.63) is 77.4 Å². The SMILES string of the molecule is COc1ccc(S(=O)(=O)Nc2cccc(F)c2CC#N)cc1S(=O)(=O)Nc1cccc(F)c1CC#N. The molecule has 0 atom stereocenters. The predicted octanol–water partition coefficient (Wildman–Crippen LogP) is 3.71. The van der Waals surface area contributed by atoms with Crippen LogP contribution in [-0.4, -0.2) is 23.9 Å². The largest absolute Gasteiger partial charge is 0.495 e. The molecule has 0 radical (unpaired) electrons. The molecule has 0 saturated carbocycles. The first kappa shape index (κ1) is 26.4. The number of ether oxygens (including phenoxy) is 1. The minimum absolute atomic E-state index is 0.178. The maximum atomic E-state index is 14.2. The molecule has 9 nitrogen and oxygen atoms in total. The molecule has 0 aromatic heterocycles. The summed E-state index contributed by atoms with van der Waals surface area (Å²) in [6.45, 7) is 0. The predicted molar refractivity (Wildman–Crippen MR) is 126 cm³/mol. The summed E-state index contributed by atoms with van der Waals surface area (Å²) in [7, 11) is -7.82. The first-order chi connectivity index (χ1) is 17.0. The van der Waals surface area contributed by atoms with Gasteiger partial charge in [0, 0.05) is 11.1 Å². The minimum atomic E-state index is -4.54. The number of nitrogens with one attached hydrogen (secondary N) is 2. The van der Waals surface area contributed by atoms with Crippen molar-refractivity contribution in [3.8, 4) is 17.9 Å². The maximum Gasteiger partial charge on any atom is 0.265 e. The molecule has 3 aromatic carbocycles. The van der Waals surface area contributed by atoms with E-state index in [1.807, 2.05) is 0 Å². The zero-order valence-corrected chi connectivity index (χ0v) is 20.3. The van der Waals surface area contributed by atoms with Crippen molar-refractivity contribution in [3.63, 3.8) is 0 Å². The first-order valence-corrected chi connectivity index (χ1v) is 13.0. The van der Waals surface area contributed by atoms with Crippen LogP contribution in [0.5, 0.6) is 5.75 Å². The van der Waals surface area contributed by atoms with Crippen LogP contribution in [0.1, 0.15) is 11.1 Å². The number of hydrogen-bond donors (Lipinski definition) is 2. The Morgan fingerprint density at radius 2 is 1.31 bits per heavy atom. The van der Waals surface area contributed by atoms with Gasteiger partial charge in [0.2, 0.25) is 0 Å². The molecule has 0 aliphatic heterocycles. The van der Waals surface area contributed by atoms with Crippen molar-refractivity contribution in [1.82, 2.24) is 0 Å². The zero-order valence-electron chi connectivity index (χ0n) is 18.6. The fourth-order valence-electron chi connectivity index (χ4n) is 3.26. The van der Waals surface area contributed by atoms with Crippen LogP contribution < -0.4 is 14.2 Å². The molecule has 0 bridgehead atoms. The first-order valence-electron chi connectivity index (χ1n) is 10.1. The molecule has 186 valence electrons. The van der Waals surface area contributed by atoms with Crippen LogP contribution in [-0.2, 0) is 32.9 Å². The second-order valence-electron chi connectivity index (χ2n) is 7.23. The van der Waals surface area contributed by atoms with E-state index in [1.54, 1.807) is 12.1 Å². The second-order valence-corrected chi connectivity index (χ2v) is 10.6. The quantitative estimate of drug-likeness (QED) is 0.427. The highest BCUT2D eigenvalue weighted by Gasteiger charge is 2.26. The number of hydrogen-bond acceptors (Lipinski definition) is 7.